The number of hydrogen-bond acceptors (Lipinski definition) is 5. The number of hydrogen-bond donors (Lipinski definition) is 1. The highest BCUT2D eigenvalue weighted by atomic mass is 16.6. The molecule has 2 aromatic carbocycles. The van der Waals surface area contributed by atoms with Crippen LogP contribution >= 0.6 is 0 Å². The zero-order chi connectivity index (χ0) is 18.1. The third kappa shape index (κ3) is 5.53. The predicted molar refractivity (Wildman–Crippen MR) is 93.2 cm³/mol. The van der Waals surface area contributed by atoms with Gasteiger partial charge in [-0.2, -0.15) is 0 Å². The fourth-order valence-electron chi connectivity index (χ4n) is 2.06. The van der Waals surface area contributed by atoms with Crippen LogP contribution in [0.25, 0.3) is 0 Å². The first kappa shape index (κ1) is 18.3. The fraction of sp³-hybridized carbons (Fsp3) is 0.263. The normalized spacial score (nSPS) is 10.0. The first-order chi connectivity index (χ1) is 12.1. The Morgan fingerprint density at radius 3 is 2.48 bits per heavy atom. The standard InChI is InChI=1S/C19H21NO5/c1-3-4-12-20-19(22)25-17-11-10-15(13-16(17)18(21)23-2)24-14-8-6-5-7-9-14/h5-11,13H,3-4,12H2,1-2H3,(H,20,22). The Balaban J connectivity index is 2.16. The molecule has 132 valence electrons. The lowest BCUT2D eigenvalue weighted by atomic mass is 10.2. The lowest BCUT2D eigenvalue weighted by Crippen LogP contribution is -2.28. The fourth-order valence-corrected chi connectivity index (χ4v) is 2.06. The average molecular weight is 343 g/mol. The van der Waals surface area contributed by atoms with Crippen molar-refractivity contribution < 1.29 is 23.8 Å². The van der Waals surface area contributed by atoms with Crippen LogP contribution in [0, 0.1) is 0 Å². The highest BCUT2D eigenvalue weighted by Crippen LogP contribution is 2.28. The second-order valence-corrected chi connectivity index (χ2v) is 5.23. The molecule has 6 heteroatoms. The molecule has 0 saturated heterocycles. The summed E-state index contributed by atoms with van der Waals surface area (Å²) >= 11 is 0. The summed E-state index contributed by atoms with van der Waals surface area (Å²) in [4.78, 5) is 23.8. The monoisotopic (exact) mass is 343 g/mol. The van der Waals surface area contributed by atoms with Gasteiger partial charge in [-0.25, -0.2) is 9.59 Å². The van der Waals surface area contributed by atoms with E-state index in [4.69, 9.17) is 14.2 Å². The maximum absolute atomic E-state index is 12.0. The van der Waals surface area contributed by atoms with Gasteiger partial charge in [0.25, 0.3) is 0 Å². The Kier molecular flexibility index (Phi) is 6.83. The van der Waals surface area contributed by atoms with Gasteiger partial charge in [0.2, 0.25) is 0 Å². The van der Waals surface area contributed by atoms with Gasteiger partial charge in [0.05, 0.1) is 7.11 Å². The van der Waals surface area contributed by atoms with Crippen LogP contribution in [0.3, 0.4) is 0 Å². The molecule has 0 spiro atoms. The van der Waals surface area contributed by atoms with Gasteiger partial charge in [-0.05, 0) is 36.8 Å². The van der Waals surface area contributed by atoms with Crippen molar-refractivity contribution in [3.05, 3.63) is 54.1 Å². The van der Waals surface area contributed by atoms with E-state index in [-0.39, 0.29) is 11.3 Å². The van der Waals surface area contributed by atoms with Crippen molar-refractivity contribution >= 4 is 12.1 Å². The average Bonchev–Trinajstić information content (AvgIpc) is 2.63. The van der Waals surface area contributed by atoms with Gasteiger partial charge < -0.3 is 19.5 Å². The quantitative estimate of drug-likeness (QED) is 0.604. The summed E-state index contributed by atoms with van der Waals surface area (Å²) in [5, 5.41) is 2.63. The Bertz CT molecular complexity index is 715. The largest absolute Gasteiger partial charge is 0.465 e. The number of benzene rings is 2. The van der Waals surface area contributed by atoms with Gasteiger partial charge in [0.1, 0.15) is 22.8 Å². The molecular weight excluding hydrogens is 322 g/mol. The van der Waals surface area contributed by atoms with Crippen LogP contribution in [0.2, 0.25) is 0 Å². The molecule has 0 aromatic heterocycles. The number of carbonyl (C=O) groups excluding carboxylic acids is 2. The summed E-state index contributed by atoms with van der Waals surface area (Å²) in [5.41, 5.74) is 0.113. The minimum absolute atomic E-state index is 0.112. The summed E-state index contributed by atoms with van der Waals surface area (Å²) < 4.78 is 15.7. The molecule has 0 aliphatic rings. The summed E-state index contributed by atoms with van der Waals surface area (Å²) in [5.74, 6) is 0.561. The van der Waals surface area contributed by atoms with Crippen LogP contribution in [-0.2, 0) is 4.74 Å². The van der Waals surface area contributed by atoms with Crippen LogP contribution in [0.5, 0.6) is 17.2 Å². The number of unbranched alkanes of at least 4 members (excludes halogenated alkanes) is 1. The smallest absolute Gasteiger partial charge is 0.412 e. The molecule has 0 aliphatic heterocycles. The summed E-state index contributed by atoms with van der Waals surface area (Å²) in [6.07, 6.45) is 1.19. The Labute approximate surface area is 146 Å². The van der Waals surface area contributed by atoms with E-state index in [0.29, 0.717) is 18.0 Å². The van der Waals surface area contributed by atoms with Crippen LogP contribution in [0.15, 0.2) is 48.5 Å². The van der Waals surface area contributed by atoms with Crippen LogP contribution < -0.4 is 14.8 Å². The molecule has 1 N–H and O–H groups in total. The number of carbonyl (C=O) groups is 2. The Morgan fingerprint density at radius 1 is 1.04 bits per heavy atom. The zero-order valence-electron chi connectivity index (χ0n) is 14.3. The van der Waals surface area contributed by atoms with Crippen molar-refractivity contribution in [1.82, 2.24) is 5.32 Å². The third-order valence-electron chi connectivity index (χ3n) is 3.34. The van der Waals surface area contributed by atoms with E-state index in [0.717, 1.165) is 12.8 Å². The molecule has 25 heavy (non-hydrogen) atoms. The lowest BCUT2D eigenvalue weighted by molar-refractivity contribution is 0.0597. The zero-order valence-corrected chi connectivity index (χ0v) is 14.3. The van der Waals surface area contributed by atoms with Crippen molar-refractivity contribution in [3.63, 3.8) is 0 Å². The van der Waals surface area contributed by atoms with Crippen LogP contribution in [-0.4, -0.2) is 25.7 Å². The number of amides is 1. The van der Waals surface area contributed by atoms with Gasteiger partial charge >= 0.3 is 12.1 Å². The minimum atomic E-state index is -0.616. The summed E-state index contributed by atoms with van der Waals surface area (Å²) in [6.45, 7) is 2.53. The van der Waals surface area contributed by atoms with Crippen LogP contribution in [0.4, 0.5) is 4.79 Å². The van der Waals surface area contributed by atoms with E-state index in [2.05, 4.69) is 5.32 Å². The molecule has 0 heterocycles. The second kappa shape index (κ2) is 9.32. The third-order valence-corrected chi connectivity index (χ3v) is 3.34. The van der Waals surface area contributed by atoms with Crippen molar-refractivity contribution in [2.75, 3.05) is 13.7 Å². The van der Waals surface area contributed by atoms with Gasteiger partial charge in [-0.3, -0.25) is 0 Å². The van der Waals surface area contributed by atoms with E-state index in [1.807, 2.05) is 25.1 Å². The predicted octanol–water partition coefficient (Wildman–Crippen LogP) is 4.15. The summed E-state index contributed by atoms with van der Waals surface area (Å²) in [6, 6.07) is 13.8. The molecule has 6 nitrogen and oxygen atoms in total. The molecule has 0 unspecified atom stereocenters. The van der Waals surface area contributed by atoms with Crippen molar-refractivity contribution in [1.29, 1.82) is 0 Å². The first-order valence-electron chi connectivity index (χ1n) is 8.05. The SMILES string of the molecule is CCCCNC(=O)Oc1ccc(Oc2ccccc2)cc1C(=O)OC. The Hall–Kier alpha value is -3.02. The van der Waals surface area contributed by atoms with Crippen molar-refractivity contribution in [2.45, 2.75) is 19.8 Å². The molecule has 1 amide bonds. The molecule has 0 fully saturated rings. The number of esters is 1. The second-order valence-electron chi connectivity index (χ2n) is 5.23. The molecule has 0 radical (unpaired) electrons. The van der Waals surface area contributed by atoms with Crippen LogP contribution in [0.1, 0.15) is 30.1 Å². The molecular formula is C19H21NO5. The molecule has 0 saturated carbocycles. The number of ether oxygens (including phenoxy) is 3. The minimum Gasteiger partial charge on any atom is -0.465 e. The van der Waals surface area contributed by atoms with E-state index in [1.54, 1.807) is 18.2 Å². The van der Waals surface area contributed by atoms with E-state index in [9.17, 15) is 9.59 Å². The maximum atomic E-state index is 12.0. The van der Waals surface area contributed by atoms with Crippen molar-refractivity contribution in [2.24, 2.45) is 0 Å². The molecule has 0 atom stereocenters. The van der Waals surface area contributed by atoms with E-state index >= 15 is 0 Å². The number of para-hydroxylation sites is 1. The number of rotatable bonds is 7. The lowest BCUT2D eigenvalue weighted by Gasteiger charge is -2.12. The highest BCUT2D eigenvalue weighted by molar-refractivity contribution is 5.93. The highest BCUT2D eigenvalue weighted by Gasteiger charge is 2.17. The van der Waals surface area contributed by atoms with Gasteiger partial charge in [-0.15, -0.1) is 0 Å². The van der Waals surface area contributed by atoms with Gasteiger partial charge in [-0.1, -0.05) is 31.5 Å². The number of nitrogens with one attached hydrogen (secondary N) is 1. The van der Waals surface area contributed by atoms with Crippen molar-refractivity contribution in [3.8, 4) is 17.2 Å². The molecule has 0 aliphatic carbocycles. The molecule has 2 aromatic rings. The Morgan fingerprint density at radius 2 is 1.80 bits per heavy atom. The van der Waals surface area contributed by atoms with Gasteiger partial charge in [0, 0.05) is 6.54 Å². The molecule has 2 rings (SSSR count). The topological polar surface area (TPSA) is 73.9 Å². The van der Waals surface area contributed by atoms with E-state index in [1.165, 1.54) is 19.2 Å². The van der Waals surface area contributed by atoms with E-state index < -0.39 is 12.1 Å². The number of methoxy groups -OCH3 is 1. The first-order valence-corrected chi connectivity index (χ1v) is 8.05. The maximum Gasteiger partial charge on any atom is 0.412 e. The van der Waals surface area contributed by atoms with Gasteiger partial charge in [0.15, 0.2) is 0 Å². The molecule has 0 bridgehead atoms. The summed E-state index contributed by atoms with van der Waals surface area (Å²) in [7, 11) is 1.26.